The van der Waals surface area contributed by atoms with Gasteiger partial charge >= 0.3 is 0 Å². The summed E-state index contributed by atoms with van der Waals surface area (Å²) in [5, 5.41) is 3.04. The maximum absolute atomic E-state index is 12.6. The zero-order valence-corrected chi connectivity index (χ0v) is 13.5. The van der Waals surface area contributed by atoms with Gasteiger partial charge in [-0.1, -0.05) is 0 Å². The van der Waals surface area contributed by atoms with Crippen molar-refractivity contribution in [2.45, 2.75) is 24.9 Å². The first kappa shape index (κ1) is 15.7. The zero-order valence-electron chi connectivity index (χ0n) is 11.8. The lowest BCUT2D eigenvalue weighted by atomic mass is 10.4. The Morgan fingerprint density at radius 1 is 1.35 bits per heavy atom. The third-order valence-electron chi connectivity index (χ3n) is 3.43. The van der Waals surface area contributed by atoms with E-state index in [-0.39, 0.29) is 0 Å². The van der Waals surface area contributed by atoms with E-state index in [2.05, 4.69) is 5.32 Å². The molecule has 1 aromatic heterocycles. The molecule has 0 aromatic carbocycles. The number of aryl methyl sites for hydroxylation is 1. The second-order valence-electron chi connectivity index (χ2n) is 4.74. The van der Waals surface area contributed by atoms with E-state index in [0.717, 1.165) is 12.2 Å². The smallest absolute Gasteiger partial charge is 0.244 e. The van der Waals surface area contributed by atoms with Crippen molar-refractivity contribution >= 4 is 20.8 Å². The number of aromatic nitrogens is 1. The molecule has 2 rings (SSSR count). The van der Waals surface area contributed by atoms with Crippen LogP contribution in [-0.2, 0) is 33.9 Å². The molecule has 2 heterocycles. The largest absolute Gasteiger partial charge is 0.349 e. The lowest BCUT2D eigenvalue weighted by molar-refractivity contribution is 0.438. The fourth-order valence-electron chi connectivity index (χ4n) is 2.30. The van der Waals surface area contributed by atoms with Crippen LogP contribution in [0.5, 0.6) is 0 Å². The standard InChI is InChI=1S/C12H21N3O3S2/c1-3-14-10-12(8-11(14)9-13-2)20(17,18)15-4-6-19(16)7-5-15/h8,10,13H,3-7,9H2,1-2H3. The number of hydrogen-bond donors (Lipinski definition) is 1. The summed E-state index contributed by atoms with van der Waals surface area (Å²) in [6.45, 7) is 4.03. The maximum Gasteiger partial charge on any atom is 0.244 e. The van der Waals surface area contributed by atoms with Gasteiger partial charge < -0.3 is 9.88 Å². The second kappa shape index (κ2) is 6.38. The van der Waals surface area contributed by atoms with Gasteiger partial charge in [-0.2, -0.15) is 4.31 Å². The monoisotopic (exact) mass is 319 g/mol. The molecule has 0 unspecified atom stereocenters. The molecule has 0 atom stereocenters. The number of nitrogens with one attached hydrogen (secondary N) is 1. The minimum atomic E-state index is -3.47. The highest BCUT2D eigenvalue weighted by molar-refractivity contribution is 7.89. The molecule has 6 nitrogen and oxygen atoms in total. The molecule has 1 N–H and O–H groups in total. The van der Waals surface area contributed by atoms with Crippen molar-refractivity contribution in [2.75, 3.05) is 31.6 Å². The summed E-state index contributed by atoms with van der Waals surface area (Å²) in [5.74, 6) is 0.855. The maximum atomic E-state index is 12.6. The summed E-state index contributed by atoms with van der Waals surface area (Å²) in [4.78, 5) is 0.331. The van der Waals surface area contributed by atoms with Crippen molar-refractivity contribution in [3.8, 4) is 0 Å². The third kappa shape index (κ3) is 3.13. The van der Waals surface area contributed by atoms with E-state index in [1.165, 1.54) is 4.31 Å². The van der Waals surface area contributed by atoms with Crippen LogP contribution in [0.1, 0.15) is 12.6 Å². The number of rotatable bonds is 5. The van der Waals surface area contributed by atoms with Crippen molar-refractivity contribution in [1.29, 1.82) is 0 Å². The molecule has 1 aliphatic heterocycles. The average Bonchev–Trinajstić information content (AvgIpc) is 2.83. The minimum absolute atomic E-state index is 0.331. The fraction of sp³-hybridized carbons (Fsp3) is 0.667. The minimum Gasteiger partial charge on any atom is -0.349 e. The van der Waals surface area contributed by atoms with Crippen LogP contribution in [0.15, 0.2) is 17.2 Å². The summed E-state index contributed by atoms with van der Waals surface area (Å²) >= 11 is 0. The van der Waals surface area contributed by atoms with Gasteiger partial charge in [-0.3, -0.25) is 4.21 Å². The number of hydrogen-bond acceptors (Lipinski definition) is 4. The van der Waals surface area contributed by atoms with E-state index in [1.54, 1.807) is 12.3 Å². The molecule has 1 saturated heterocycles. The molecule has 0 spiro atoms. The van der Waals surface area contributed by atoms with Crippen LogP contribution in [0.4, 0.5) is 0 Å². The van der Waals surface area contributed by atoms with Crippen LogP contribution in [-0.4, -0.2) is 53.1 Å². The van der Waals surface area contributed by atoms with Gasteiger partial charge in [-0.05, 0) is 20.0 Å². The van der Waals surface area contributed by atoms with E-state index in [4.69, 9.17) is 0 Å². The molecule has 20 heavy (non-hydrogen) atoms. The molecular weight excluding hydrogens is 298 g/mol. The van der Waals surface area contributed by atoms with E-state index in [1.807, 2.05) is 18.5 Å². The third-order valence-corrected chi connectivity index (χ3v) is 6.57. The van der Waals surface area contributed by atoms with Gasteiger partial charge in [0.2, 0.25) is 10.0 Å². The van der Waals surface area contributed by atoms with Crippen LogP contribution in [0.3, 0.4) is 0 Å². The van der Waals surface area contributed by atoms with Gasteiger partial charge in [0.05, 0.1) is 0 Å². The summed E-state index contributed by atoms with van der Waals surface area (Å²) in [6.07, 6.45) is 1.69. The Kier molecular flexibility index (Phi) is 5.00. The summed E-state index contributed by atoms with van der Waals surface area (Å²) in [7, 11) is -2.51. The first-order valence-corrected chi connectivity index (χ1v) is 9.60. The number of sulfonamides is 1. The van der Waals surface area contributed by atoms with Crippen LogP contribution >= 0.6 is 0 Å². The fourth-order valence-corrected chi connectivity index (χ4v) is 5.09. The zero-order chi connectivity index (χ0) is 14.8. The SMILES string of the molecule is CCn1cc(S(=O)(=O)N2CCS(=O)CC2)cc1CNC. The lowest BCUT2D eigenvalue weighted by Gasteiger charge is -2.24. The topological polar surface area (TPSA) is 71.4 Å². The molecule has 114 valence electrons. The summed E-state index contributed by atoms with van der Waals surface area (Å²) in [5.41, 5.74) is 0.953. The Labute approximate surface area is 122 Å². The van der Waals surface area contributed by atoms with Crippen LogP contribution in [0, 0.1) is 0 Å². The highest BCUT2D eigenvalue weighted by atomic mass is 32.2. The van der Waals surface area contributed by atoms with Crippen LogP contribution < -0.4 is 5.32 Å². The van der Waals surface area contributed by atoms with Crippen molar-refractivity contribution in [3.63, 3.8) is 0 Å². The van der Waals surface area contributed by atoms with E-state index in [9.17, 15) is 12.6 Å². The van der Waals surface area contributed by atoms with Crippen molar-refractivity contribution in [2.24, 2.45) is 0 Å². The first-order valence-electron chi connectivity index (χ1n) is 6.67. The molecule has 0 bridgehead atoms. The molecule has 0 amide bonds. The molecule has 0 radical (unpaired) electrons. The summed E-state index contributed by atoms with van der Waals surface area (Å²) < 4.78 is 39.9. The van der Waals surface area contributed by atoms with Gasteiger partial charge in [-0.15, -0.1) is 0 Å². The van der Waals surface area contributed by atoms with Crippen LogP contribution in [0.25, 0.3) is 0 Å². The van der Waals surface area contributed by atoms with Gasteiger partial charge in [0, 0.05) is 60.4 Å². The van der Waals surface area contributed by atoms with Gasteiger partial charge in [0.1, 0.15) is 4.90 Å². The Bertz CT molecular complexity index is 585. The van der Waals surface area contributed by atoms with Gasteiger partial charge in [0.15, 0.2) is 0 Å². The van der Waals surface area contributed by atoms with E-state index >= 15 is 0 Å². The number of nitrogens with zero attached hydrogens (tertiary/aromatic N) is 2. The van der Waals surface area contributed by atoms with Gasteiger partial charge in [-0.25, -0.2) is 8.42 Å². The van der Waals surface area contributed by atoms with E-state index < -0.39 is 20.8 Å². The lowest BCUT2D eigenvalue weighted by Crippen LogP contribution is -2.41. The highest BCUT2D eigenvalue weighted by Gasteiger charge is 2.29. The normalized spacial score (nSPS) is 18.5. The van der Waals surface area contributed by atoms with Gasteiger partial charge in [0.25, 0.3) is 0 Å². The predicted octanol–water partition coefficient (Wildman–Crippen LogP) is -0.0196. The van der Waals surface area contributed by atoms with E-state index in [0.29, 0.717) is 36.0 Å². The summed E-state index contributed by atoms with van der Waals surface area (Å²) in [6, 6.07) is 1.72. The predicted molar refractivity (Wildman–Crippen MR) is 79.5 cm³/mol. The Morgan fingerprint density at radius 2 is 2.00 bits per heavy atom. The Morgan fingerprint density at radius 3 is 2.55 bits per heavy atom. The second-order valence-corrected chi connectivity index (χ2v) is 8.37. The van der Waals surface area contributed by atoms with Crippen molar-refractivity contribution < 1.29 is 12.6 Å². The molecule has 1 aromatic rings. The Balaban J connectivity index is 2.27. The molecular formula is C12H21N3O3S2. The average molecular weight is 319 g/mol. The molecule has 1 aliphatic rings. The van der Waals surface area contributed by atoms with Crippen LogP contribution in [0.2, 0.25) is 0 Å². The molecule has 0 aliphatic carbocycles. The first-order chi connectivity index (χ1) is 9.48. The quantitative estimate of drug-likeness (QED) is 0.828. The molecule has 8 heteroatoms. The molecule has 0 saturated carbocycles. The highest BCUT2D eigenvalue weighted by Crippen LogP contribution is 2.20. The molecule has 1 fully saturated rings. The van der Waals surface area contributed by atoms with Crippen molar-refractivity contribution in [1.82, 2.24) is 14.2 Å². The van der Waals surface area contributed by atoms with Crippen molar-refractivity contribution in [3.05, 3.63) is 18.0 Å². The Hall–Kier alpha value is -0.700.